The Hall–Kier alpha value is -1.14. The molecule has 2 aliphatic carbocycles. The lowest BCUT2D eigenvalue weighted by atomic mass is 9.93. The molecule has 130 valence electrons. The first kappa shape index (κ1) is 16.7. The van der Waals surface area contributed by atoms with Gasteiger partial charge in [-0.15, -0.1) is 0 Å². The van der Waals surface area contributed by atoms with Crippen LogP contribution in [0, 0.1) is 11.8 Å². The van der Waals surface area contributed by atoms with Crippen molar-refractivity contribution in [3.05, 3.63) is 0 Å². The normalized spacial score (nSPS) is 32.2. The fraction of sp³-hybridized carbons (Fsp3) is 0.882. The van der Waals surface area contributed by atoms with E-state index in [2.05, 4.69) is 16.0 Å². The van der Waals surface area contributed by atoms with Gasteiger partial charge >= 0.3 is 0 Å². The summed E-state index contributed by atoms with van der Waals surface area (Å²) in [4.78, 5) is 24.7. The third-order valence-corrected chi connectivity index (χ3v) is 5.53. The van der Waals surface area contributed by atoms with Gasteiger partial charge in [0.25, 0.3) is 5.91 Å². The zero-order valence-electron chi connectivity index (χ0n) is 13.9. The molecule has 1 aliphatic heterocycles. The molecule has 3 fully saturated rings. The van der Waals surface area contributed by atoms with Gasteiger partial charge in [-0.3, -0.25) is 9.59 Å². The van der Waals surface area contributed by atoms with E-state index in [-0.39, 0.29) is 23.9 Å². The highest BCUT2D eigenvalue weighted by Gasteiger charge is 2.43. The van der Waals surface area contributed by atoms with Crippen molar-refractivity contribution < 1.29 is 14.7 Å². The molecule has 3 rings (SSSR count). The zero-order valence-corrected chi connectivity index (χ0v) is 13.9. The number of carbonyl (C=O) groups excluding carboxylic acids is 2. The van der Waals surface area contributed by atoms with Crippen molar-refractivity contribution in [3.8, 4) is 0 Å². The second kappa shape index (κ2) is 7.18. The number of hydrogen-bond donors (Lipinski definition) is 4. The smallest absolute Gasteiger partial charge is 0.251 e. The fourth-order valence-electron chi connectivity index (χ4n) is 4.06. The van der Waals surface area contributed by atoms with Crippen molar-refractivity contribution in [1.29, 1.82) is 0 Å². The Kier molecular flexibility index (Phi) is 5.21. The molecule has 2 unspecified atom stereocenters. The highest BCUT2D eigenvalue weighted by Crippen LogP contribution is 2.37. The van der Waals surface area contributed by atoms with Crippen LogP contribution >= 0.6 is 0 Å². The van der Waals surface area contributed by atoms with E-state index in [9.17, 15) is 14.7 Å². The van der Waals surface area contributed by atoms with E-state index in [1.807, 2.05) is 6.92 Å². The molecular weight excluding hydrogens is 294 g/mol. The monoisotopic (exact) mass is 323 g/mol. The SMILES string of the molecule is CCC[C@H](NC(=O)C1NC[C@@H]2CCC[C@H]12)C(O)C(=O)NC1CC1. The van der Waals surface area contributed by atoms with Gasteiger partial charge in [0.2, 0.25) is 5.91 Å². The number of nitrogens with one attached hydrogen (secondary N) is 3. The number of carbonyl (C=O) groups is 2. The molecule has 0 radical (unpaired) electrons. The minimum Gasteiger partial charge on any atom is -0.381 e. The minimum absolute atomic E-state index is 0.0591. The lowest BCUT2D eigenvalue weighted by Crippen LogP contribution is -2.55. The number of aliphatic hydroxyl groups is 1. The molecule has 23 heavy (non-hydrogen) atoms. The first-order chi connectivity index (χ1) is 11.1. The third-order valence-electron chi connectivity index (χ3n) is 5.53. The molecule has 4 N–H and O–H groups in total. The van der Waals surface area contributed by atoms with E-state index in [1.165, 1.54) is 12.8 Å². The Balaban J connectivity index is 1.57. The van der Waals surface area contributed by atoms with E-state index in [4.69, 9.17) is 0 Å². The first-order valence-electron chi connectivity index (χ1n) is 9.12. The van der Waals surface area contributed by atoms with Crippen LogP contribution in [0.5, 0.6) is 0 Å². The molecule has 5 atom stereocenters. The standard InChI is InChI=1S/C17H29N3O3/c1-2-4-13(15(21)17(23)19-11-7-8-11)20-16(22)14-12-6-3-5-10(12)9-18-14/h10-15,18,21H,2-9H2,1H3,(H,19,23)(H,20,22)/t10-,12-,13-,14?,15?/m0/s1. The fourth-order valence-corrected chi connectivity index (χ4v) is 4.06. The zero-order chi connectivity index (χ0) is 16.4. The average Bonchev–Trinajstić information content (AvgIpc) is 3.06. The Morgan fingerprint density at radius 1 is 1.26 bits per heavy atom. The summed E-state index contributed by atoms with van der Waals surface area (Å²) in [6.45, 7) is 2.90. The predicted octanol–water partition coefficient (Wildman–Crippen LogP) is 0.299. The number of hydrogen-bond acceptors (Lipinski definition) is 4. The Bertz CT molecular complexity index is 452. The molecular formula is C17H29N3O3. The highest BCUT2D eigenvalue weighted by atomic mass is 16.3. The molecule has 3 aliphatic rings. The van der Waals surface area contributed by atoms with E-state index >= 15 is 0 Å². The first-order valence-corrected chi connectivity index (χ1v) is 9.12. The number of amides is 2. The Labute approximate surface area is 137 Å². The summed E-state index contributed by atoms with van der Waals surface area (Å²) in [5.41, 5.74) is 0. The summed E-state index contributed by atoms with van der Waals surface area (Å²) < 4.78 is 0. The van der Waals surface area contributed by atoms with E-state index < -0.39 is 12.1 Å². The van der Waals surface area contributed by atoms with Crippen molar-refractivity contribution in [1.82, 2.24) is 16.0 Å². The minimum atomic E-state index is -1.17. The molecule has 0 aromatic heterocycles. The summed E-state index contributed by atoms with van der Waals surface area (Å²) in [7, 11) is 0. The van der Waals surface area contributed by atoms with E-state index in [0.29, 0.717) is 18.3 Å². The van der Waals surface area contributed by atoms with E-state index in [1.54, 1.807) is 0 Å². The van der Waals surface area contributed by atoms with Crippen LogP contribution in [-0.2, 0) is 9.59 Å². The van der Waals surface area contributed by atoms with Crippen LogP contribution in [0.3, 0.4) is 0 Å². The van der Waals surface area contributed by atoms with Crippen LogP contribution in [0.2, 0.25) is 0 Å². The molecule has 6 nitrogen and oxygen atoms in total. The summed E-state index contributed by atoms with van der Waals surface area (Å²) >= 11 is 0. The molecule has 0 bridgehead atoms. The molecule has 0 spiro atoms. The quantitative estimate of drug-likeness (QED) is 0.542. The molecule has 0 aromatic rings. The lowest BCUT2D eigenvalue weighted by Gasteiger charge is -2.26. The highest BCUT2D eigenvalue weighted by molar-refractivity contribution is 5.86. The van der Waals surface area contributed by atoms with Gasteiger partial charge < -0.3 is 21.1 Å². The van der Waals surface area contributed by atoms with Crippen molar-refractivity contribution in [2.24, 2.45) is 11.8 Å². The van der Waals surface area contributed by atoms with Gasteiger partial charge in [-0.05, 0) is 50.5 Å². The average molecular weight is 323 g/mol. The molecule has 1 saturated heterocycles. The number of rotatable bonds is 7. The van der Waals surface area contributed by atoms with Crippen molar-refractivity contribution in [2.45, 2.75) is 76.1 Å². The van der Waals surface area contributed by atoms with Crippen molar-refractivity contribution >= 4 is 11.8 Å². The van der Waals surface area contributed by atoms with Crippen LogP contribution in [-0.4, -0.2) is 47.7 Å². The van der Waals surface area contributed by atoms with Crippen molar-refractivity contribution in [3.63, 3.8) is 0 Å². The van der Waals surface area contributed by atoms with Crippen LogP contribution in [0.25, 0.3) is 0 Å². The molecule has 0 aromatic carbocycles. The third kappa shape index (κ3) is 3.86. The Morgan fingerprint density at radius 3 is 2.74 bits per heavy atom. The summed E-state index contributed by atoms with van der Waals surface area (Å²) in [5.74, 6) is 0.605. The summed E-state index contributed by atoms with van der Waals surface area (Å²) in [5, 5.41) is 19.4. The van der Waals surface area contributed by atoms with Crippen LogP contribution in [0.4, 0.5) is 0 Å². The summed E-state index contributed by atoms with van der Waals surface area (Å²) in [6.07, 6.45) is 5.71. The van der Waals surface area contributed by atoms with Gasteiger partial charge in [-0.2, -0.15) is 0 Å². The topological polar surface area (TPSA) is 90.5 Å². The predicted molar refractivity (Wildman–Crippen MR) is 86.6 cm³/mol. The van der Waals surface area contributed by atoms with E-state index in [0.717, 1.165) is 32.2 Å². The van der Waals surface area contributed by atoms with Crippen LogP contribution in [0.15, 0.2) is 0 Å². The molecule has 1 heterocycles. The second-order valence-electron chi connectivity index (χ2n) is 7.37. The van der Waals surface area contributed by atoms with Crippen molar-refractivity contribution in [2.75, 3.05) is 6.54 Å². The van der Waals surface area contributed by atoms with Gasteiger partial charge in [-0.25, -0.2) is 0 Å². The number of fused-ring (bicyclic) bond motifs is 1. The maximum atomic E-state index is 12.6. The molecule has 6 heteroatoms. The van der Waals surface area contributed by atoms with Crippen LogP contribution in [0.1, 0.15) is 51.9 Å². The summed E-state index contributed by atoms with van der Waals surface area (Å²) in [6, 6.07) is -0.458. The maximum Gasteiger partial charge on any atom is 0.251 e. The molecule has 2 amide bonds. The van der Waals surface area contributed by atoms with Crippen LogP contribution < -0.4 is 16.0 Å². The Morgan fingerprint density at radius 2 is 2.04 bits per heavy atom. The lowest BCUT2D eigenvalue weighted by molar-refractivity contribution is -0.133. The number of aliphatic hydroxyl groups excluding tert-OH is 1. The largest absolute Gasteiger partial charge is 0.381 e. The molecule has 2 saturated carbocycles. The van der Waals surface area contributed by atoms with Gasteiger partial charge in [0.1, 0.15) is 0 Å². The van der Waals surface area contributed by atoms with Gasteiger partial charge in [0, 0.05) is 6.04 Å². The van der Waals surface area contributed by atoms with Gasteiger partial charge in [0.05, 0.1) is 12.1 Å². The van der Waals surface area contributed by atoms with Gasteiger partial charge in [-0.1, -0.05) is 19.8 Å². The second-order valence-corrected chi connectivity index (χ2v) is 7.37. The maximum absolute atomic E-state index is 12.6. The van der Waals surface area contributed by atoms with Gasteiger partial charge in [0.15, 0.2) is 6.10 Å².